The van der Waals surface area contributed by atoms with Gasteiger partial charge in [0.1, 0.15) is 11.4 Å². The fourth-order valence-electron chi connectivity index (χ4n) is 3.45. The van der Waals surface area contributed by atoms with E-state index in [1.165, 1.54) is 29.7 Å². The fraction of sp³-hybridized carbons (Fsp3) is 0.438. The Labute approximate surface area is 122 Å². The first kappa shape index (κ1) is 12.2. The Kier molecular flexibility index (Phi) is 2.58. The highest BCUT2D eigenvalue weighted by Crippen LogP contribution is 2.53. The molecule has 1 saturated carbocycles. The summed E-state index contributed by atoms with van der Waals surface area (Å²) in [6, 6.07) is 6.35. The number of aryl methyl sites for hydroxylation is 1. The van der Waals surface area contributed by atoms with Crippen LogP contribution in [0.5, 0.6) is 5.75 Å². The maximum atomic E-state index is 6.47. The van der Waals surface area contributed by atoms with Crippen molar-refractivity contribution in [2.24, 2.45) is 0 Å². The van der Waals surface area contributed by atoms with E-state index in [2.05, 4.69) is 30.1 Å². The van der Waals surface area contributed by atoms with E-state index in [-0.39, 0.29) is 5.60 Å². The van der Waals surface area contributed by atoms with Gasteiger partial charge in [-0.15, -0.1) is 0 Å². The third-order valence-electron chi connectivity index (χ3n) is 4.41. The largest absolute Gasteiger partial charge is 0.481 e. The van der Waals surface area contributed by atoms with Crippen LogP contribution in [-0.4, -0.2) is 4.98 Å². The minimum Gasteiger partial charge on any atom is -0.481 e. The van der Waals surface area contributed by atoms with Gasteiger partial charge in [-0.25, -0.2) is 4.98 Å². The number of aromatic nitrogens is 1. The number of benzene rings is 1. The first-order valence-corrected chi connectivity index (χ1v) is 8.06. The lowest BCUT2D eigenvalue weighted by atomic mass is 9.80. The van der Waals surface area contributed by atoms with Crippen molar-refractivity contribution in [3.63, 3.8) is 0 Å². The summed E-state index contributed by atoms with van der Waals surface area (Å²) in [5, 5.41) is 0.651. The predicted octanol–water partition coefficient (Wildman–Crippen LogP) is 4.25. The van der Waals surface area contributed by atoms with Crippen LogP contribution in [0.3, 0.4) is 0 Å². The second-order valence-corrected chi connectivity index (χ2v) is 6.92. The highest BCUT2D eigenvalue weighted by atomic mass is 32.1. The second-order valence-electron chi connectivity index (χ2n) is 5.89. The normalized spacial score (nSPS) is 19.2. The Morgan fingerprint density at radius 1 is 1.25 bits per heavy atom. The van der Waals surface area contributed by atoms with Gasteiger partial charge in [0.05, 0.1) is 10.6 Å². The van der Waals surface area contributed by atoms with Crippen molar-refractivity contribution in [1.29, 1.82) is 0 Å². The summed E-state index contributed by atoms with van der Waals surface area (Å²) in [7, 11) is 0. The third kappa shape index (κ3) is 1.67. The van der Waals surface area contributed by atoms with Gasteiger partial charge in [0.25, 0.3) is 0 Å². The number of nitrogen functional groups attached to an aromatic ring is 1. The molecule has 104 valence electrons. The molecule has 0 radical (unpaired) electrons. The minimum atomic E-state index is -0.175. The summed E-state index contributed by atoms with van der Waals surface area (Å²) in [4.78, 5) is 5.84. The van der Waals surface area contributed by atoms with Crippen LogP contribution in [0.25, 0.3) is 11.3 Å². The van der Waals surface area contributed by atoms with Gasteiger partial charge in [-0.2, -0.15) is 0 Å². The lowest BCUT2D eigenvalue weighted by Crippen LogP contribution is -2.37. The van der Waals surface area contributed by atoms with Crippen LogP contribution in [-0.2, 0) is 5.60 Å². The summed E-state index contributed by atoms with van der Waals surface area (Å²) in [6.07, 6.45) is 5.90. The van der Waals surface area contributed by atoms with Gasteiger partial charge >= 0.3 is 0 Å². The van der Waals surface area contributed by atoms with Crippen molar-refractivity contribution in [2.75, 3.05) is 5.73 Å². The Balaban J connectivity index is 1.94. The summed E-state index contributed by atoms with van der Waals surface area (Å²) >= 11 is 1.61. The molecule has 1 aliphatic carbocycles. The number of nitrogens with two attached hydrogens (primary N) is 1. The van der Waals surface area contributed by atoms with Gasteiger partial charge in [0.2, 0.25) is 0 Å². The minimum absolute atomic E-state index is 0.175. The molecular formula is C16H18N2OS. The number of hydrogen-bond acceptors (Lipinski definition) is 4. The molecule has 0 bridgehead atoms. The number of hydrogen-bond donors (Lipinski definition) is 1. The van der Waals surface area contributed by atoms with Crippen LogP contribution < -0.4 is 10.5 Å². The topological polar surface area (TPSA) is 48.1 Å². The lowest BCUT2D eigenvalue weighted by molar-refractivity contribution is 0.0273. The maximum absolute atomic E-state index is 6.47. The van der Waals surface area contributed by atoms with Gasteiger partial charge in [0.15, 0.2) is 5.13 Å². The lowest BCUT2D eigenvalue weighted by Gasteiger charge is -2.40. The zero-order valence-corrected chi connectivity index (χ0v) is 12.4. The van der Waals surface area contributed by atoms with Crippen molar-refractivity contribution in [1.82, 2.24) is 4.98 Å². The van der Waals surface area contributed by atoms with Gasteiger partial charge in [0, 0.05) is 5.56 Å². The first-order valence-electron chi connectivity index (χ1n) is 7.25. The molecule has 1 aromatic carbocycles. The predicted molar refractivity (Wildman–Crippen MR) is 82.1 cm³/mol. The average Bonchev–Trinajstić information content (AvgIpc) is 2.84. The summed E-state index contributed by atoms with van der Waals surface area (Å²) in [5.41, 5.74) is 9.20. The average molecular weight is 286 g/mol. The van der Waals surface area contributed by atoms with Crippen LogP contribution in [0.15, 0.2) is 18.2 Å². The molecular weight excluding hydrogens is 268 g/mol. The van der Waals surface area contributed by atoms with Gasteiger partial charge in [-0.1, -0.05) is 29.4 Å². The highest BCUT2D eigenvalue weighted by molar-refractivity contribution is 7.16. The first-order chi connectivity index (χ1) is 9.68. The van der Waals surface area contributed by atoms with Crippen LogP contribution in [0.4, 0.5) is 5.13 Å². The summed E-state index contributed by atoms with van der Waals surface area (Å²) < 4.78 is 6.47. The van der Waals surface area contributed by atoms with E-state index in [9.17, 15) is 0 Å². The van der Waals surface area contributed by atoms with Crippen molar-refractivity contribution in [2.45, 2.75) is 44.6 Å². The number of nitrogens with zero attached hydrogens (tertiary/aromatic N) is 1. The zero-order chi connectivity index (χ0) is 13.7. The summed E-state index contributed by atoms with van der Waals surface area (Å²) in [6.45, 7) is 2.10. The number of ether oxygens (including phenoxy) is 1. The molecule has 20 heavy (non-hydrogen) atoms. The SMILES string of the molecule is Cc1ccc2c(c1)-c1nc(N)sc1C1(CCCCC1)O2. The maximum Gasteiger partial charge on any atom is 0.180 e. The molecule has 0 unspecified atom stereocenters. The van der Waals surface area contributed by atoms with Crippen molar-refractivity contribution in [3.05, 3.63) is 28.6 Å². The standard InChI is InChI=1S/C16H18N2OS/c1-10-5-6-12-11(9-10)13-14(20-15(17)18-13)16(19-12)7-3-2-4-8-16/h5-6,9H,2-4,7-8H2,1H3,(H2,17,18). The van der Waals surface area contributed by atoms with Crippen molar-refractivity contribution >= 4 is 16.5 Å². The van der Waals surface area contributed by atoms with E-state index >= 15 is 0 Å². The molecule has 4 rings (SSSR count). The van der Waals surface area contributed by atoms with Crippen LogP contribution in [0.2, 0.25) is 0 Å². The van der Waals surface area contributed by atoms with E-state index < -0.39 is 0 Å². The molecule has 3 nitrogen and oxygen atoms in total. The molecule has 0 saturated heterocycles. The molecule has 2 aromatic rings. The van der Waals surface area contributed by atoms with E-state index in [1.807, 2.05) is 0 Å². The van der Waals surface area contributed by atoms with E-state index in [4.69, 9.17) is 10.5 Å². The van der Waals surface area contributed by atoms with E-state index in [1.54, 1.807) is 11.3 Å². The molecule has 2 heterocycles. The van der Waals surface area contributed by atoms with E-state index in [0.717, 1.165) is 29.8 Å². The molecule has 0 atom stereocenters. The molecule has 1 fully saturated rings. The zero-order valence-electron chi connectivity index (χ0n) is 11.6. The molecule has 1 spiro atoms. The Hall–Kier alpha value is -1.55. The third-order valence-corrected chi connectivity index (χ3v) is 5.48. The number of fused-ring (bicyclic) bond motifs is 4. The number of rotatable bonds is 0. The molecule has 0 amide bonds. The highest BCUT2D eigenvalue weighted by Gasteiger charge is 2.44. The second kappa shape index (κ2) is 4.22. The molecule has 1 aliphatic heterocycles. The van der Waals surface area contributed by atoms with Gasteiger partial charge in [-0.05, 0) is 44.7 Å². The fourth-order valence-corrected chi connectivity index (χ4v) is 4.48. The van der Waals surface area contributed by atoms with Crippen LogP contribution in [0.1, 0.15) is 42.5 Å². The van der Waals surface area contributed by atoms with Gasteiger partial charge in [-0.3, -0.25) is 0 Å². The van der Waals surface area contributed by atoms with Crippen molar-refractivity contribution in [3.8, 4) is 17.0 Å². The monoisotopic (exact) mass is 286 g/mol. The molecule has 4 heteroatoms. The smallest absolute Gasteiger partial charge is 0.180 e. The Bertz CT molecular complexity index is 671. The van der Waals surface area contributed by atoms with E-state index in [0.29, 0.717) is 5.13 Å². The van der Waals surface area contributed by atoms with Crippen LogP contribution >= 0.6 is 11.3 Å². The Morgan fingerprint density at radius 2 is 2.05 bits per heavy atom. The summed E-state index contributed by atoms with van der Waals surface area (Å²) in [5.74, 6) is 0.968. The Morgan fingerprint density at radius 3 is 2.85 bits per heavy atom. The van der Waals surface area contributed by atoms with Gasteiger partial charge < -0.3 is 10.5 Å². The number of thiazole rings is 1. The quantitative estimate of drug-likeness (QED) is 0.787. The number of anilines is 1. The van der Waals surface area contributed by atoms with Crippen molar-refractivity contribution < 1.29 is 4.74 Å². The molecule has 1 aromatic heterocycles. The molecule has 2 N–H and O–H groups in total. The molecule has 2 aliphatic rings. The van der Waals surface area contributed by atoms with Crippen LogP contribution in [0, 0.1) is 6.92 Å².